The first-order valence-corrected chi connectivity index (χ1v) is 8.77. The summed E-state index contributed by atoms with van der Waals surface area (Å²) in [6.07, 6.45) is 1.52. The minimum atomic E-state index is -2.99. The summed E-state index contributed by atoms with van der Waals surface area (Å²) in [4.78, 5) is 14.3. The van der Waals surface area contributed by atoms with E-state index >= 15 is 0 Å². The fourth-order valence-electron chi connectivity index (χ4n) is 2.99. The minimum absolute atomic E-state index is 0.119. The number of methoxy groups -OCH3 is 1. The Morgan fingerprint density at radius 1 is 1.11 bits per heavy atom. The highest BCUT2D eigenvalue weighted by atomic mass is 32.1. The SMILES string of the molecule is COc1ccc(/C=C2\NC(=S)N(c3cc(C)cc(C)c3)C2=O)cc1OC(F)F. The highest BCUT2D eigenvalue weighted by Crippen LogP contribution is 2.31. The smallest absolute Gasteiger partial charge is 0.387 e. The maximum Gasteiger partial charge on any atom is 0.387 e. The summed E-state index contributed by atoms with van der Waals surface area (Å²) in [5.74, 6) is -0.284. The predicted molar refractivity (Wildman–Crippen MR) is 107 cm³/mol. The van der Waals surface area contributed by atoms with Crippen LogP contribution < -0.4 is 19.7 Å². The molecular formula is C20H18F2N2O3S. The van der Waals surface area contributed by atoms with Crippen LogP contribution in [0.25, 0.3) is 6.08 Å². The molecular weight excluding hydrogens is 386 g/mol. The van der Waals surface area contributed by atoms with Gasteiger partial charge in [0.05, 0.1) is 12.8 Å². The number of thiocarbonyl (C=S) groups is 1. The standard InChI is InChI=1S/C20H18F2N2O3S/c1-11-6-12(2)8-14(7-11)24-18(25)15(23-20(24)28)9-13-4-5-16(26-3)17(10-13)27-19(21)22/h4-10,19H,1-3H3,(H,23,28)/b15-9-. The van der Waals surface area contributed by atoms with Crippen molar-refractivity contribution in [2.24, 2.45) is 0 Å². The molecule has 0 saturated carbocycles. The number of aryl methyl sites for hydroxylation is 2. The maximum absolute atomic E-state index is 12.9. The third kappa shape index (κ3) is 4.12. The third-order valence-electron chi connectivity index (χ3n) is 4.06. The average molecular weight is 404 g/mol. The van der Waals surface area contributed by atoms with Crippen LogP contribution in [-0.4, -0.2) is 24.7 Å². The van der Waals surface area contributed by atoms with Crippen molar-refractivity contribution < 1.29 is 23.0 Å². The molecule has 3 rings (SSSR count). The number of nitrogens with zero attached hydrogens (tertiary/aromatic N) is 1. The van der Waals surface area contributed by atoms with E-state index in [0.717, 1.165) is 11.1 Å². The summed E-state index contributed by atoms with van der Waals surface area (Å²) >= 11 is 5.31. The summed E-state index contributed by atoms with van der Waals surface area (Å²) in [7, 11) is 1.36. The molecule has 0 unspecified atom stereocenters. The summed E-state index contributed by atoms with van der Waals surface area (Å²) in [5, 5.41) is 3.13. The second kappa shape index (κ2) is 7.93. The van der Waals surface area contributed by atoms with Gasteiger partial charge < -0.3 is 14.8 Å². The van der Waals surface area contributed by atoms with Crippen molar-refractivity contribution in [3.05, 3.63) is 58.8 Å². The molecule has 0 aliphatic carbocycles. The number of nitrogens with one attached hydrogen (secondary N) is 1. The van der Waals surface area contributed by atoms with Gasteiger partial charge in [0.2, 0.25) is 0 Å². The van der Waals surface area contributed by atoms with Gasteiger partial charge in [0, 0.05) is 0 Å². The van der Waals surface area contributed by atoms with E-state index in [1.807, 2.05) is 32.0 Å². The van der Waals surface area contributed by atoms with E-state index in [0.29, 0.717) is 11.3 Å². The molecule has 28 heavy (non-hydrogen) atoms. The Morgan fingerprint density at radius 3 is 2.39 bits per heavy atom. The quantitative estimate of drug-likeness (QED) is 0.599. The number of anilines is 1. The van der Waals surface area contributed by atoms with Gasteiger partial charge in [-0.25, -0.2) is 0 Å². The number of hydrogen-bond donors (Lipinski definition) is 1. The lowest BCUT2D eigenvalue weighted by Gasteiger charge is -2.15. The molecule has 0 spiro atoms. The van der Waals surface area contributed by atoms with Crippen molar-refractivity contribution in [3.8, 4) is 11.5 Å². The highest BCUT2D eigenvalue weighted by molar-refractivity contribution is 7.80. The number of carbonyl (C=O) groups is 1. The van der Waals surface area contributed by atoms with Gasteiger partial charge in [0.15, 0.2) is 16.6 Å². The van der Waals surface area contributed by atoms with Gasteiger partial charge in [-0.1, -0.05) is 12.1 Å². The van der Waals surface area contributed by atoms with E-state index in [2.05, 4.69) is 10.1 Å². The number of halogens is 2. The van der Waals surface area contributed by atoms with E-state index in [1.54, 1.807) is 6.07 Å². The lowest BCUT2D eigenvalue weighted by Crippen LogP contribution is -2.30. The zero-order chi connectivity index (χ0) is 20.4. The molecule has 5 nitrogen and oxygen atoms in total. The number of amides is 1. The largest absolute Gasteiger partial charge is 0.493 e. The normalized spacial score (nSPS) is 15.4. The lowest BCUT2D eigenvalue weighted by atomic mass is 10.1. The first-order valence-electron chi connectivity index (χ1n) is 8.37. The van der Waals surface area contributed by atoms with Crippen LogP contribution in [0.15, 0.2) is 42.1 Å². The fourth-order valence-corrected chi connectivity index (χ4v) is 3.29. The monoisotopic (exact) mass is 404 g/mol. The second-order valence-corrected chi connectivity index (χ2v) is 6.65. The van der Waals surface area contributed by atoms with Gasteiger partial charge in [0.1, 0.15) is 5.70 Å². The van der Waals surface area contributed by atoms with Gasteiger partial charge in [-0.3, -0.25) is 9.69 Å². The molecule has 1 N–H and O–H groups in total. The van der Waals surface area contributed by atoms with Crippen LogP contribution in [-0.2, 0) is 4.79 Å². The first kappa shape index (κ1) is 19.8. The van der Waals surface area contributed by atoms with Crippen molar-refractivity contribution in [2.45, 2.75) is 20.5 Å². The number of alkyl halides is 2. The van der Waals surface area contributed by atoms with Crippen molar-refractivity contribution in [2.75, 3.05) is 12.0 Å². The van der Waals surface area contributed by atoms with Crippen LogP contribution in [0, 0.1) is 13.8 Å². The van der Waals surface area contributed by atoms with E-state index < -0.39 is 6.61 Å². The van der Waals surface area contributed by atoms with Crippen molar-refractivity contribution >= 4 is 35.0 Å². The molecule has 146 valence electrons. The molecule has 0 atom stereocenters. The van der Waals surface area contributed by atoms with Crippen LogP contribution in [0.4, 0.5) is 14.5 Å². The van der Waals surface area contributed by atoms with E-state index in [-0.39, 0.29) is 28.2 Å². The molecule has 0 bridgehead atoms. The summed E-state index contributed by atoms with van der Waals surface area (Å²) in [5.41, 5.74) is 3.40. The molecule has 1 heterocycles. The highest BCUT2D eigenvalue weighted by Gasteiger charge is 2.32. The molecule has 1 saturated heterocycles. The Kier molecular flexibility index (Phi) is 5.60. The Balaban J connectivity index is 1.93. The number of ether oxygens (including phenoxy) is 2. The van der Waals surface area contributed by atoms with Crippen molar-refractivity contribution in [3.63, 3.8) is 0 Å². The molecule has 1 aliphatic rings. The average Bonchev–Trinajstić information content (AvgIpc) is 2.87. The number of benzene rings is 2. The molecule has 2 aromatic carbocycles. The van der Waals surface area contributed by atoms with Crippen molar-refractivity contribution in [1.29, 1.82) is 0 Å². The van der Waals surface area contributed by atoms with Crippen LogP contribution >= 0.6 is 12.2 Å². The molecule has 0 radical (unpaired) electrons. The summed E-state index contributed by atoms with van der Waals surface area (Å²) in [6.45, 7) is 0.883. The van der Waals surface area contributed by atoms with Gasteiger partial charge >= 0.3 is 6.61 Å². The zero-order valence-corrected chi connectivity index (χ0v) is 16.3. The van der Waals surface area contributed by atoms with Gasteiger partial charge in [0.25, 0.3) is 5.91 Å². The lowest BCUT2D eigenvalue weighted by molar-refractivity contribution is -0.113. The molecule has 1 aliphatic heterocycles. The third-order valence-corrected chi connectivity index (χ3v) is 4.34. The van der Waals surface area contributed by atoms with Crippen molar-refractivity contribution in [1.82, 2.24) is 5.32 Å². The van der Waals surface area contributed by atoms with Gasteiger partial charge in [-0.15, -0.1) is 0 Å². The summed E-state index contributed by atoms with van der Waals surface area (Å²) in [6, 6.07) is 10.2. The fraction of sp³-hybridized carbons (Fsp3) is 0.200. The molecule has 1 amide bonds. The number of hydrogen-bond acceptors (Lipinski definition) is 4. The molecule has 1 fully saturated rings. The van der Waals surface area contributed by atoms with Gasteiger partial charge in [-0.2, -0.15) is 8.78 Å². The summed E-state index contributed by atoms with van der Waals surface area (Å²) < 4.78 is 34.7. The van der Waals surface area contributed by atoms with Crippen LogP contribution in [0.1, 0.15) is 16.7 Å². The minimum Gasteiger partial charge on any atom is -0.493 e. The molecule has 2 aromatic rings. The number of carbonyl (C=O) groups excluding carboxylic acids is 1. The Morgan fingerprint density at radius 2 is 1.79 bits per heavy atom. The topological polar surface area (TPSA) is 50.8 Å². The van der Waals surface area contributed by atoms with Crippen LogP contribution in [0.2, 0.25) is 0 Å². The predicted octanol–water partition coefficient (Wildman–Crippen LogP) is 4.18. The van der Waals surface area contributed by atoms with Gasteiger partial charge in [-0.05, 0) is 73.1 Å². The van der Waals surface area contributed by atoms with E-state index in [4.69, 9.17) is 17.0 Å². The first-order chi connectivity index (χ1) is 13.3. The zero-order valence-electron chi connectivity index (χ0n) is 15.5. The maximum atomic E-state index is 12.9. The van der Waals surface area contributed by atoms with Crippen LogP contribution in [0.3, 0.4) is 0 Å². The molecule has 8 heteroatoms. The second-order valence-electron chi connectivity index (χ2n) is 6.26. The van der Waals surface area contributed by atoms with E-state index in [1.165, 1.54) is 30.2 Å². The Labute approximate surface area is 166 Å². The number of rotatable bonds is 5. The van der Waals surface area contributed by atoms with Crippen LogP contribution in [0.5, 0.6) is 11.5 Å². The Hall–Kier alpha value is -3.00. The van der Waals surface area contributed by atoms with E-state index in [9.17, 15) is 13.6 Å². The molecule has 0 aromatic heterocycles. The Bertz CT molecular complexity index is 956.